The van der Waals surface area contributed by atoms with Crippen molar-refractivity contribution in [3.63, 3.8) is 0 Å². The Kier molecular flexibility index (Phi) is 5.31. The fourth-order valence-corrected chi connectivity index (χ4v) is 4.67. The number of methoxy groups -OCH3 is 1. The van der Waals surface area contributed by atoms with Crippen molar-refractivity contribution >= 4 is 49.7 Å². The first kappa shape index (κ1) is 20.8. The minimum absolute atomic E-state index is 0.243. The van der Waals surface area contributed by atoms with E-state index in [4.69, 9.17) is 10.5 Å². The third-order valence-electron chi connectivity index (χ3n) is 5.48. The van der Waals surface area contributed by atoms with Crippen LogP contribution in [0.4, 0.5) is 11.5 Å². The van der Waals surface area contributed by atoms with Crippen molar-refractivity contribution in [2.24, 2.45) is 0 Å². The van der Waals surface area contributed by atoms with E-state index in [1.165, 1.54) is 17.7 Å². The maximum atomic E-state index is 13.2. The van der Waals surface area contributed by atoms with Gasteiger partial charge in [0, 0.05) is 41.0 Å². The lowest BCUT2D eigenvalue weighted by Crippen LogP contribution is -2.13. The Bertz CT molecular complexity index is 1500. The summed E-state index contributed by atoms with van der Waals surface area (Å²) in [4.78, 5) is 30.3. The average Bonchev–Trinajstić information content (AvgIpc) is 3.27. The number of fused-ring (bicyclic) bond motifs is 2. The fraction of sp³-hybridized carbons (Fsp3) is 0.125. The SMILES string of the molecule is COc1ccc(Cc2nccc3c(NC(=O)c4csc5c(N)ncnc45)c(C)ccc23)cn1. The van der Waals surface area contributed by atoms with Crippen molar-refractivity contribution in [2.75, 3.05) is 18.2 Å². The molecular weight excluding hydrogens is 436 g/mol. The van der Waals surface area contributed by atoms with Crippen molar-refractivity contribution in [3.05, 3.63) is 76.8 Å². The topological polar surface area (TPSA) is 116 Å². The highest BCUT2D eigenvalue weighted by atomic mass is 32.1. The number of carbonyl (C=O) groups excluding carboxylic acids is 1. The molecule has 0 aliphatic heterocycles. The van der Waals surface area contributed by atoms with E-state index in [0.29, 0.717) is 33.9 Å². The summed E-state index contributed by atoms with van der Waals surface area (Å²) in [6.07, 6.45) is 5.52. The van der Waals surface area contributed by atoms with Gasteiger partial charge in [-0.3, -0.25) is 9.78 Å². The number of hydrogen-bond donors (Lipinski definition) is 2. The maximum Gasteiger partial charge on any atom is 0.258 e. The Morgan fingerprint density at radius 3 is 2.76 bits per heavy atom. The van der Waals surface area contributed by atoms with Crippen LogP contribution in [0.25, 0.3) is 21.0 Å². The standard InChI is InChI=1S/C24H20N6O2S/c1-13-3-5-15-16(7-8-26-18(15)9-14-4-6-19(32-2)27-10-14)20(13)30-24(31)17-11-33-22-21(17)28-12-29-23(22)25/h3-8,10-12H,9H2,1-2H3,(H,30,31)(H2,25,28,29). The second-order valence-corrected chi connectivity index (χ2v) is 8.42. The molecule has 1 aromatic carbocycles. The molecule has 1 amide bonds. The van der Waals surface area contributed by atoms with Gasteiger partial charge in [0.25, 0.3) is 5.91 Å². The summed E-state index contributed by atoms with van der Waals surface area (Å²) in [5, 5.41) is 6.73. The van der Waals surface area contributed by atoms with Crippen LogP contribution in [0.1, 0.15) is 27.2 Å². The molecule has 5 aromatic rings. The summed E-state index contributed by atoms with van der Waals surface area (Å²) < 4.78 is 5.84. The van der Waals surface area contributed by atoms with Gasteiger partial charge in [-0.25, -0.2) is 15.0 Å². The van der Waals surface area contributed by atoms with Crippen LogP contribution in [-0.4, -0.2) is 33.0 Å². The zero-order chi connectivity index (χ0) is 22.9. The van der Waals surface area contributed by atoms with E-state index in [1.54, 1.807) is 24.9 Å². The number of nitrogens with two attached hydrogens (primary N) is 1. The number of carbonyl (C=O) groups is 1. The van der Waals surface area contributed by atoms with Crippen LogP contribution in [0.2, 0.25) is 0 Å². The van der Waals surface area contributed by atoms with Crippen LogP contribution in [0.5, 0.6) is 5.88 Å². The van der Waals surface area contributed by atoms with Gasteiger partial charge in [0.2, 0.25) is 5.88 Å². The molecule has 33 heavy (non-hydrogen) atoms. The molecule has 0 atom stereocenters. The average molecular weight is 457 g/mol. The molecule has 0 spiro atoms. The van der Waals surface area contributed by atoms with Gasteiger partial charge in [-0.2, -0.15) is 0 Å². The maximum absolute atomic E-state index is 13.2. The first-order chi connectivity index (χ1) is 16.0. The Balaban J connectivity index is 1.51. The van der Waals surface area contributed by atoms with E-state index >= 15 is 0 Å². The van der Waals surface area contributed by atoms with E-state index in [2.05, 4.69) is 25.3 Å². The van der Waals surface area contributed by atoms with Crippen LogP contribution in [0.3, 0.4) is 0 Å². The van der Waals surface area contributed by atoms with Gasteiger partial charge in [-0.15, -0.1) is 11.3 Å². The van der Waals surface area contributed by atoms with Crippen molar-refractivity contribution in [2.45, 2.75) is 13.3 Å². The van der Waals surface area contributed by atoms with Gasteiger partial charge < -0.3 is 15.8 Å². The molecule has 0 saturated carbocycles. The minimum Gasteiger partial charge on any atom is -0.481 e. The molecule has 0 fully saturated rings. The van der Waals surface area contributed by atoms with Gasteiger partial charge in [0.15, 0.2) is 0 Å². The smallest absolute Gasteiger partial charge is 0.258 e. The Hall–Kier alpha value is -4.11. The summed E-state index contributed by atoms with van der Waals surface area (Å²) in [5.41, 5.74) is 10.6. The number of rotatable bonds is 5. The highest BCUT2D eigenvalue weighted by Crippen LogP contribution is 2.32. The summed E-state index contributed by atoms with van der Waals surface area (Å²) in [6, 6.07) is 9.74. The summed E-state index contributed by atoms with van der Waals surface area (Å²) >= 11 is 1.36. The lowest BCUT2D eigenvalue weighted by Gasteiger charge is -2.14. The van der Waals surface area contributed by atoms with E-state index < -0.39 is 0 Å². The number of hydrogen-bond acceptors (Lipinski definition) is 8. The number of ether oxygens (including phenoxy) is 1. The molecule has 3 N–H and O–H groups in total. The third-order valence-corrected chi connectivity index (χ3v) is 6.47. The van der Waals surface area contributed by atoms with Crippen molar-refractivity contribution < 1.29 is 9.53 Å². The van der Waals surface area contributed by atoms with Gasteiger partial charge in [0.1, 0.15) is 12.1 Å². The predicted octanol–water partition coefficient (Wildman–Crippen LogP) is 4.38. The number of aryl methyl sites for hydroxylation is 1. The summed E-state index contributed by atoms with van der Waals surface area (Å²) in [5.74, 6) is 0.694. The predicted molar refractivity (Wildman–Crippen MR) is 130 cm³/mol. The van der Waals surface area contributed by atoms with E-state index in [-0.39, 0.29) is 5.91 Å². The van der Waals surface area contributed by atoms with Gasteiger partial charge >= 0.3 is 0 Å². The van der Waals surface area contributed by atoms with Crippen LogP contribution in [-0.2, 0) is 6.42 Å². The first-order valence-electron chi connectivity index (χ1n) is 10.2. The van der Waals surface area contributed by atoms with Crippen molar-refractivity contribution in [1.29, 1.82) is 0 Å². The zero-order valence-electron chi connectivity index (χ0n) is 18.0. The molecule has 0 bridgehead atoms. The quantitative estimate of drug-likeness (QED) is 0.403. The number of thiophene rings is 1. The van der Waals surface area contributed by atoms with Crippen molar-refractivity contribution in [3.8, 4) is 5.88 Å². The third kappa shape index (κ3) is 3.83. The first-order valence-corrected chi connectivity index (χ1v) is 11.1. The van der Waals surface area contributed by atoms with E-state index in [0.717, 1.165) is 33.3 Å². The molecule has 0 saturated heterocycles. The zero-order valence-corrected chi connectivity index (χ0v) is 18.8. The Morgan fingerprint density at radius 2 is 1.97 bits per heavy atom. The number of amides is 1. The monoisotopic (exact) mass is 456 g/mol. The van der Waals surface area contributed by atoms with Crippen molar-refractivity contribution in [1.82, 2.24) is 19.9 Å². The molecule has 0 aliphatic carbocycles. The second kappa shape index (κ2) is 8.44. The molecule has 5 rings (SSSR count). The normalized spacial score (nSPS) is 11.1. The van der Waals surface area contributed by atoms with Gasteiger partial charge in [-0.05, 0) is 24.1 Å². The molecule has 0 unspecified atom stereocenters. The highest BCUT2D eigenvalue weighted by molar-refractivity contribution is 7.18. The van der Waals surface area contributed by atoms with Crippen LogP contribution in [0, 0.1) is 6.92 Å². The lowest BCUT2D eigenvalue weighted by molar-refractivity contribution is 0.102. The number of benzene rings is 1. The van der Waals surface area contributed by atoms with E-state index in [1.807, 2.05) is 37.3 Å². The van der Waals surface area contributed by atoms with E-state index in [9.17, 15) is 4.79 Å². The fourth-order valence-electron chi connectivity index (χ4n) is 3.77. The number of pyridine rings is 2. The minimum atomic E-state index is -0.243. The number of nitrogens with one attached hydrogen (secondary N) is 1. The molecular formula is C24H20N6O2S. The number of aromatic nitrogens is 4. The Morgan fingerprint density at radius 1 is 1.09 bits per heavy atom. The Labute approximate surface area is 193 Å². The largest absolute Gasteiger partial charge is 0.481 e. The molecule has 4 heterocycles. The lowest BCUT2D eigenvalue weighted by atomic mass is 10.0. The molecule has 0 aliphatic rings. The van der Waals surface area contributed by atoms with Crippen LogP contribution >= 0.6 is 11.3 Å². The van der Waals surface area contributed by atoms with Crippen LogP contribution in [0.15, 0.2) is 54.4 Å². The molecule has 0 radical (unpaired) electrons. The molecule has 9 heteroatoms. The van der Waals surface area contributed by atoms with Gasteiger partial charge in [-0.1, -0.05) is 18.2 Å². The number of nitrogen functional groups attached to an aromatic ring is 1. The molecule has 164 valence electrons. The highest BCUT2D eigenvalue weighted by Gasteiger charge is 2.18. The molecule has 8 nitrogen and oxygen atoms in total. The number of anilines is 2. The van der Waals surface area contributed by atoms with Gasteiger partial charge in [0.05, 0.1) is 34.3 Å². The van der Waals surface area contributed by atoms with Crippen LogP contribution < -0.4 is 15.8 Å². The number of nitrogens with zero attached hydrogens (tertiary/aromatic N) is 4. The summed E-state index contributed by atoms with van der Waals surface area (Å²) in [7, 11) is 1.59. The molecule has 4 aromatic heterocycles. The second-order valence-electron chi connectivity index (χ2n) is 7.54. The summed E-state index contributed by atoms with van der Waals surface area (Å²) in [6.45, 7) is 1.97.